The van der Waals surface area contributed by atoms with Crippen molar-refractivity contribution in [1.29, 1.82) is 5.41 Å². The van der Waals surface area contributed by atoms with Crippen LogP contribution in [0.3, 0.4) is 0 Å². The van der Waals surface area contributed by atoms with Crippen molar-refractivity contribution in [2.75, 3.05) is 39.3 Å². The van der Waals surface area contributed by atoms with Crippen molar-refractivity contribution in [2.24, 2.45) is 0 Å². The highest BCUT2D eigenvalue weighted by atomic mass is 35.6. The number of rotatable bonds is 6. The van der Waals surface area contributed by atoms with E-state index in [1.807, 2.05) is 56.3 Å². The normalized spacial score (nSPS) is 14.1. The van der Waals surface area contributed by atoms with Crippen molar-refractivity contribution in [3.05, 3.63) is 64.2 Å². The van der Waals surface area contributed by atoms with Crippen molar-refractivity contribution in [3.8, 4) is 5.75 Å². The van der Waals surface area contributed by atoms with Crippen molar-refractivity contribution < 1.29 is 8.58 Å². The number of nitrogens with zero attached hydrogens (tertiary/aromatic N) is 2. The Morgan fingerprint density at radius 2 is 1.57 bits per heavy atom. The van der Waals surface area contributed by atoms with Crippen LogP contribution in [-0.4, -0.2) is 55.0 Å². The molecule has 0 aromatic heterocycles. The lowest BCUT2D eigenvalue weighted by Crippen LogP contribution is -2.49. The molecule has 5 nitrogen and oxygen atoms in total. The van der Waals surface area contributed by atoms with E-state index in [1.54, 1.807) is 0 Å². The van der Waals surface area contributed by atoms with Gasteiger partial charge in [0.25, 0.3) is 0 Å². The molecule has 0 unspecified atom stereocenters. The Morgan fingerprint density at radius 1 is 1.00 bits per heavy atom. The fourth-order valence-electron chi connectivity index (χ4n) is 3.44. The molecule has 1 saturated heterocycles. The Bertz CT molecular complexity index is 774. The van der Waals surface area contributed by atoms with Gasteiger partial charge in [-0.25, -0.2) is 0 Å². The first-order chi connectivity index (χ1) is 14.5. The fraction of sp³-hybridized carbons (Fsp3) is 0.409. The summed E-state index contributed by atoms with van der Waals surface area (Å²) in [6, 6.07) is 14.0. The van der Waals surface area contributed by atoms with Gasteiger partial charge < -0.3 is 9.64 Å². The fourth-order valence-corrected chi connectivity index (χ4v) is 3.55. The Balaban J connectivity index is 0.00000101. The van der Waals surface area contributed by atoms with Gasteiger partial charge in [0.05, 0.1) is 30.3 Å². The molecule has 0 radical (unpaired) electrons. The highest BCUT2D eigenvalue weighted by molar-refractivity contribution is 6.32. The van der Waals surface area contributed by atoms with E-state index in [1.165, 1.54) is 0 Å². The van der Waals surface area contributed by atoms with Gasteiger partial charge in [0, 0.05) is 43.3 Å². The standard InChI is InChI=1S/C22H28ClN3O.Cl2O/c1-17-15-20(16-18(2)21(17)23)27-14-6-9-25-10-12-26(13-11-25)22(24)19-7-4-3-5-8-19;1-3-2/h3-5,7-8,15-16,24H,6,9-14H2,1-2H3;. The minimum absolute atomic E-state index is 0.632. The largest absolute Gasteiger partial charge is 0.494 e. The topological polar surface area (TPSA) is 48.8 Å². The van der Waals surface area contributed by atoms with Gasteiger partial charge in [-0.15, -0.1) is 0 Å². The molecule has 1 aliphatic rings. The van der Waals surface area contributed by atoms with E-state index >= 15 is 0 Å². The van der Waals surface area contributed by atoms with Crippen LogP contribution < -0.4 is 4.74 Å². The average molecular weight is 473 g/mol. The van der Waals surface area contributed by atoms with Gasteiger partial charge in [0.1, 0.15) is 11.6 Å². The minimum atomic E-state index is 0.632. The molecule has 1 aliphatic heterocycles. The second-order valence-electron chi connectivity index (χ2n) is 7.17. The number of hydrogen-bond donors (Lipinski definition) is 1. The number of benzene rings is 2. The van der Waals surface area contributed by atoms with Crippen LogP contribution >= 0.6 is 35.3 Å². The molecule has 164 valence electrons. The van der Waals surface area contributed by atoms with E-state index in [0.29, 0.717) is 12.4 Å². The van der Waals surface area contributed by atoms with Crippen LogP contribution in [0.15, 0.2) is 42.5 Å². The van der Waals surface area contributed by atoms with Crippen LogP contribution in [0.4, 0.5) is 0 Å². The second-order valence-corrected chi connectivity index (χ2v) is 8.02. The Morgan fingerprint density at radius 3 is 2.13 bits per heavy atom. The van der Waals surface area contributed by atoms with Crippen molar-refractivity contribution in [3.63, 3.8) is 0 Å². The molecule has 2 aromatic carbocycles. The number of amidine groups is 1. The third kappa shape index (κ3) is 7.64. The summed E-state index contributed by atoms with van der Waals surface area (Å²) in [6.07, 6.45) is 0.997. The Labute approximate surface area is 194 Å². The molecule has 0 bridgehead atoms. The summed E-state index contributed by atoms with van der Waals surface area (Å²) in [5.41, 5.74) is 3.11. The van der Waals surface area contributed by atoms with Crippen LogP contribution in [-0.2, 0) is 3.84 Å². The van der Waals surface area contributed by atoms with Gasteiger partial charge in [-0.1, -0.05) is 41.9 Å². The summed E-state index contributed by atoms with van der Waals surface area (Å²) in [7, 11) is 0. The lowest BCUT2D eigenvalue weighted by Gasteiger charge is -2.36. The van der Waals surface area contributed by atoms with Gasteiger partial charge >= 0.3 is 0 Å². The molecule has 1 fully saturated rings. The van der Waals surface area contributed by atoms with Crippen molar-refractivity contribution in [2.45, 2.75) is 20.3 Å². The zero-order valence-electron chi connectivity index (χ0n) is 17.3. The van der Waals surface area contributed by atoms with E-state index in [4.69, 9.17) is 21.7 Å². The predicted octanol–water partition coefficient (Wildman–Crippen LogP) is 5.68. The SMILES string of the molecule is Cc1cc(OCCCN2CCN(C(=N)c3ccccc3)CC2)cc(C)c1Cl.ClOCl. The Kier molecular flexibility index (Phi) is 10.8. The molecule has 1 heterocycles. The lowest BCUT2D eigenvalue weighted by molar-refractivity contribution is 0.169. The number of hydrogen-bond acceptors (Lipinski definition) is 4. The van der Waals surface area contributed by atoms with Crippen LogP contribution in [0.2, 0.25) is 5.02 Å². The number of halogens is 3. The monoisotopic (exact) mass is 471 g/mol. The third-order valence-electron chi connectivity index (χ3n) is 5.03. The summed E-state index contributed by atoms with van der Waals surface area (Å²) >= 11 is 14.7. The van der Waals surface area contributed by atoms with Crippen LogP contribution in [0.1, 0.15) is 23.1 Å². The highest BCUT2D eigenvalue weighted by Gasteiger charge is 2.19. The molecule has 0 saturated carbocycles. The number of piperazine rings is 1. The summed E-state index contributed by atoms with van der Waals surface area (Å²) < 4.78 is 9.10. The first kappa shape index (κ1) is 24.8. The van der Waals surface area contributed by atoms with E-state index in [2.05, 4.69) is 37.4 Å². The molecule has 0 amide bonds. The van der Waals surface area contributed by atoms with Gasteiger partial charge in [0.15, 0.2) is 0 Å². The smallest absolute Gasteiger partial charge is 0.128 e. The Hall–Kier alpha value is -1.50. The predicted molar refractivity (Wildman–Crippen MR) is 125 cm³/mol. The minimum Gasteiger partial charge on any atom is -0.494 e. The zero-order valence-corrected chi connectivity index (χ0v) is 19.6. The number of aryl methyl sites for hydroxylation is 2. The molecule has 8 heteroatoms. The number of ether oxygens (including phenoxy) is 1. The molecule has 30 heavy (non-hydrogen) atoms. The lowest BCUT2D eigenvalue weighted by atomic mass is 10.1. The maximum absolute atomic E-state index is 8.38. The average Bonchev–Trinajstić information content (AvgIpc) is 2.76. The van der Waals surface area contributed by atoms with Gasteiger partial charge in [-0.05, 0) is 43.5 Å². The first-order valence-corrected chi connectivity index (χ1v) is 10.9. The summed E-state index contributed by atoms with van der Waals surface area (Å²) in [5, 5.41) is 9.20. The molecule has 0 aliphatic carbocycles. The number of nitrogens with one attached hydrogen (secondary N) is 1. The quantitative estimate of drug-likeness (QED) is 0.334. The first-order valence-electron chi connectivity index (χ1n) is 9.86. The van der Waals surface area contributed by atoms with E-state index in [-0.39, 0.29) is 0 Å². The summed E-state index contributed by atoms with van der Waals surface area (Å²) in [5.74, 6) is 1.53. The maximum atomic E-state index is 8.38. The molecule has 3 rings (SSSR count). The van der Waals surface area contributed by atoms with Gasteiger partial charge in [-0.3, -0.25) is 10.3 Å². The molecule has 1 N–H and O–H groups in total. The van der Waals surface area contributed by atoms with Crippen molar-refractivity contribution >= 4 is 41.2 Å². The van der Waals surface area contributed by atoms with Crippen molar-refractivity contribution in [1.82, 2.24) is 9.80 Å². The molecule has 0 spiro atoms. The van der Waals surface area contributed by atoms with Crippen LogP contribution in [0.25, 0.3) is 0 Å². The summed E-state index contributed by atoms with van der Waals surface area (Å²) in [4.78, 5) is 4.62. The van der Waals surface area contributed by atoms with E-state index in [0.717, 1.165) is 66.6 Å². The maximum Gasteiger partial charge on any atom is 0.128 e. The molecule has 0 atom stereocenters. The third-order valence-corrected chi connectivity index (χ3v) is 5.63. The van der Waals surface area contributed by atoms with E-state index < -0.39 is 0 Å². The van der Waals surface area contributed by atoms with Crippen LogP contribution in [0.5, 0.6) is 5.75 Å². The molecular weight excluding hydrogens is 445 g/mol. The van der Waals surface area contributed by atoms with Gasteiger partial charge in [-0.2, -0.15) is 3.84 Å². The van der Waals surface area contributed by atoms with Gasteiger partial charge in [0.2, 0.25) is 0 Å². The molecule has 2 aromatic rings. The highest BCUT2D eigenvalue weighted by Crippen LogP contribution is 2.25. The van der Waals surface area contributed by atoms with E-state index in [9.17, 15) is 0 Å². The zero-order chi connectivity index (χ0) is 21.9. The van der Waals surface area contributed by atoms with Crippen LogP contribution in [0, 0.1) is 19.3 Å². The summed E-state index contributed by atoms with van der Waals surface area (Å²) in [6.45, 7) is 9.55. The molecular formula is C22H28Cl3N3O2. The second kappa shape index (κ2) is 13.0.